The highest BCUT2D eigenvalue weighted by atomic mass is 32.1. The molecular weight excluding hydrogens is 208 g/mol. The fourth-order valence-electron chi connectivity index (χ4n) is 1.80. The van der Waals surface area contributed by atoms with Crippen LogP contribution in [0.25, 0.3) is 0 Å². The number of hydrogen-bond donors (Lipinski definition) is 1. The van der Waals surface area contributed by atoms with E-state index >= 15 is 0 Å². The molecule has 1 rings (SSSR count). The summed E-state index contributed by atoms with van der Waals surface area (Å²) in [6.45, 7) is 8.29. The average Bonchev–Trinajstić information content (AvgIpc) is 2.17. The fourth-order valence-corrected chi connectivity index (χ4v) is 1.94. The molecule has 1 heterocycles. The van der Waals surface area contributed by atoms with Crippen molar-refractivity contribution in [1.29, 1.82) is 0 Å². The van der Waals surface area contributed by atoms with Crippen molar-refractivity contribution in [3.63, 3.8) is 0 Å². The highest BCUT2D eigenvalue weighted by Gasteiger charge is 2.21. The third kappa shape index (κ3) is 4.91. The van der Waals surface area contributed by atoms with Crippen LogP contribution >= 0.6 is 12.2 Å². The topological polar surface area (TPSA) is 38.5 Å². The van der Waals surface area contributed by atoms with Crippen LogP contribution in [0.2, 0.25) is 0 Å². The molecule has 1 unspecified atom stereocenters. The van der Waals surface area contributed by atoms with Crippen molar-refractivity contribution in [3.05, 3.63) is 0 Å². The van der Waals surface area contributed by atoms with Gasteiger partial charge in [0.15, 0.2) is 0 Å². The van der Waals surface area contributed by atoms with E-state index in [0.717, 1.165) is 32.2 Å². The fraction of sp³-hybridized carbons (Fsp3) is 0.909. The Balaban J connectivity index is 2.21. The van der Waals surface area contributed by atoms with Gasteiger partial charge in [-0.3, -0.25) is 4.90 Å². The standard InChI is InChI=1S/C11H22N2OS/c1-9(2)4-3-5-13-6-7-14-10(8-13)11(12)15/h9-10H,3-8H2,1-2H3,(H2,12,15). The maximum atomic E-state index is 5.59. The first-order valence-corrected chi connectivity index (χ1v) is 6.13. The molecule has 88 valence electrons. The third-order valence-corrected chi connectivity index (χ3v) is 2.99. The summed E-state index contributed by atoms with van der Waals surface area (Å²) in [7, 11) is 0. The summed E-state index contributed by atoms with van der Waals surface area (Å²) < 4.78 is 5.49. The van der Waals surface area contributed by atoms with E-state index in [-0.39, 0.29) is 6.10 Å². The Bertz CT molecular complexity index is 209. The summed E-state index contributed by atoms with van der Waals surface area (Å²) in [5.41, 5.74) is 5.59. The lowest BCUT2D eigenvalue weighted by Crippen LogP contribution is -2.47. The van der Waals surface area contributed by atoms with Gasteiger partial charge in [-0.25, -0.2) is 0 Å². The monoisotopic (exact) mass is 230 g/mol. The molecule has 4 heteroatoms. The molecule has 1 atom stereocenters. The van der Waals surface area contributed by atoms with E-state index in [2.05, 4.69) is 18.7 Å². The predicted molar refractivity (Wildman–Crippen MR) is 67.0 cm³/mol. The van der Waals surface area contributed by atoms with Crippen molar-refractivity contribution >= 4 is 17.2 Å². The zero-order chi connectivity index (χ0) is 11.3. The molecule has 0 saturated carbocycles. The van der Waals surface area contributed by atoms with E-state index in [9.17, 15) is 0 Å². The molecule has 2 N–H and O–H groups in total. The van der Waals surface area contributed by atoms with Crippen molar-refractivity contribution in [2.24, 2.45) is 11.7 Å². The number of thiocarbonyl (C=S) groups is 1. The lowest BCUT2D eigenvalue weighted by molar-refractivity contribution is 0.00645. The van der Waals surface area contributed by atoms with Gasteiger partial charge in [0, 0.05) is 13.1 Å². The van der Waals surface area contributed by atoms with Gasteiger partial charge in [-0.2, -0.15) is 0 Å². The average molecular weight is 230 g/mol. The SMILES string of the molecule is CC(C)CCCN1CCOC(C(N)=S)C1. The molecule has 0 aromatic heterocycles. The maximum Gasteiger partial charge on any atom is 0.120 e. The van der Waals surface area contributed by atoms with Crippen molar-refractivity contribution in [1.82, 2.24) is 4.90 Å². The lowest BCUT2D eigenvalue weighted by atomic mass is 10.1. The van der Waals surface area contributed by atoms with Gasteiger partial charge in [-0.1, -0.05) is 26.1 Å². The molecule has 0 aromatic carbocycles. The van der Waals surface area contributed by atoms with Crippen LogP contribution < -0.4 is 5.73 Å². The van der Waals surface area contributed by atoms with E-state index in [1.54, 1.807) is 0 Å². The van der Waals surface area contributed by atoms with E-state index in [1.807, 2.05) is 0 Å². The number of ether oxygens (including phenoxy) is 1. The lowest BCUT2D eigenvalue weighted by Gasteiger charge is -2.32. The minimum atomic E-state index is -0.0344. The second-order valence-electron chi connectivity index (χ2n) is 4.60. The van der Waals surface area contributed by atoms with Crippen LogP contribution in [-0.2, 0) is 4.74 Å². The first-order valence-electron chi connectivity index (χ1n) is 5.73. The minimum Gasteiger partial charge on any atom is -0.391 e. The molecule has 3 nitrogen and oxygen atoms in total. The summed E-state index contributed by atoms with van der Waals surface area (Å²) in [6, 6.07) is 0. The highest BCUT2D eigenvalue weighted by molar-refractivity contribution is 7.80. The quantitative estimate of drug-likeness (QED) is 0.725. The Morgan fingerprint density at radius 1 is 1.60 bits per heavy atom. The van der Waals surface area contributed by atoms with Gasteiger partial charge in [0.2, 0.25) is 0 Å². The highest BCUT2D eigenvalue weighted by Crippen LogP contribution is 2.09. The first-order chi connectivity index (χ1) is 7.09. The number of nitrogens with two attached hydrogens (primary N) is 1. The molecule has 1 aliphatic heterocycles. The molecule has 0 aromatic rings. The van der Waals surface area contributed by atoms with Gasteiger partial charge in [0.25, 0.3) is 0 Å². The second-order valence-corrected chi connectivity index (χ2v) is 5.07. The summed E-state index contributed by atoms with van der Waals surface area (Å²) in [6.07, 6.45) is 2.50. The number of hydrogen-bond acceptors (Lipinski definition) is 3. The largest absolute Gasteiger partial charge is 0.391 e. The van der Waals surface area contributed by atoms with E-state index in [1.165, 1.54) is 12.8 Å². The van der Waals surface area contributed by atoms with Crippen molar-refractivity contribution in [2.75, 3.05) is 26.2 Å². The van der Waals surface area contributed by atoms with E-state index in [0.29, 0.717) is 4.99 Å². The Morgan fingerprint density at radius 3 is 2.93 bits per heavy atom. The van der Waals surface area contributed by atoms with Crippen LogP contribution in [0.4, 0.5) is 0 Å². The Morgan fingerprint density at radius 2 is 2.33 bits per heavy atom. The van der Waals surface area contributed by atoms with Crippen molar-refractivity contribution < 1.29 is 4.74 Å². The van der Waals surface area contributed by atoms with E-state index < -0.39 is 0 Å². The minimum absolute atomic E-state index is 0.0344. The number of morpholine rings is 1. The first kappa shape index (κ1) is 12.9. The van der Waals surface area contributed by atoms with Crippen LogP contribution in [0.5, 0.6) is 0 Å². The molecule has 0 bridgehead atoms. The van der Waals surface area contributed by atoms with Gasteiger partial charge in [-0.05, 0) is 25.3 Å². The predicted octanol–water partition coefficient (Wildman–Crippen LogP) is 1.41. The molecular formula is C11H22N2OS. The van der Waals surface area contributed by atoms with Crippen LogP contribution in [0.15, 0.2) is 0 Å². The van der Waals surface area contributed by atoms with E-state index in [4.69, 9.17) is 22.7 Å². The molecule has 0 spiro atoms. The molecule has 0 amide bonds. The normalized spacial score (nSPS) is 23.3. The van der Waals surface area contributed by atoms with Gasteiger partial charge in [0.1, 0.15) is 11.1 Å². The molecule has 1 saturated heterocycles. The number of rotatable bonds is 5. The summed E-state index contributed by atoms with van der Waals surface area (Å²) in [5.74, 6) is 0.789. The summed E-state index contributed by atoms with van der Waals surface area (Å²) in [4.78, 5) is 2.89. The molecule has 1 fully saturated rings. The zero-order valence-corrected chi connectivity index (χ0v) is 10.6. The van der Waals surface area contributed by atoms with Gasteiger partial charge < -0.3 is 10.5 Å². The van der Waals surface area contributed by atoms with Gasteiger partial charge >= 0.3 is 0 Å². The molecule has 1 aliphatic rings. The molecule has 0 radical (unpaired) electrons. The third-order valence-electron chi connectivity index (χ3n) is 2.72. The van der Waals surface area contributed by atoms with Crippen LogP contribution in [0.3, 0.4) is 0 Å². The maximum absolute atomic E-state index is 5.59. The summed E-state index contributed by atoms with van der Waals surface area (Å²) in [5, 5.41) is 0. The summed E-state index contributed by atoms with van der Waals surface area (Å²) >= 11 is 4.95. The van der Waals surface area contributed by atoms with Gasteiger partial charge in [-0.15, -0.1) is 0 Å². The zero-order valence-electron chi connectivity index (χ0n) is 9.74. The molecule has 0 aliphatic carbocycles. The second kappa shape index (κ2) is 6.40. The van der Waals surface area contributed by atoms with Crippen LogP contribution in [0, 0.1) is 5.92 Å². The molecule has 15 heavy (non-hydrogen) atoms. The number of nitrogens with zero attached hydrogens (tertiary/aromatic N) is 1. The van der Waals surface area contributed by atoms with Gasteiger partial charge in [0.05, 0.1) is 6.61 Å². The Kier molecular flexibility index (Phi) is 5.50. The Labute approximate surface area is 98.0 Å². The van der Waals surface area contributed by atoms with Crippen LogP contribution in [0.1, 0.15) is 26.7 Å². The van der Waals surface area contributed by atoms with Crippen molar-refractivity contribution in [3.8, 4) is 0 Å². The van der Waals surface area contributed by atoms with Crippen molar-refractivity contribution in [2.45, 2.75) is 32.8 Å². The smallest absolute Gasteiger partial charge is 0.120 e. The van der Waals surface area contributed by atoms with Crippen LogP contribution in [-0.4, -0.2) is 42.2 Å². The Hall–Kier alpha value is -0.190.